The van der Waals surface area contributed by atoms with Gasteiger partial charge < -0.3 is 4.90 Å². The number of hydrogen-bond donors (Lipinski definition) is 0. The molecule has 0 saturated carbocycles. The third kappa shape index (κ3) is 5430. The Labute approximate surface area is 159 Å². The van der Waals surface area contributed by atoms with E-state index in [0.29, 0.717) is 13.3 Å². The summed E-state index contributed by atoms with van der Waals surface area (Å²) in [7, 11) is 5.77. The molecule has 0 aliphatic heterocycles. The molecule has 0 aliphatic carbocycles. The molecule has 0 bridgehead atoms. The van der Waals surface area contributed by atoms with Crippen molar-refractivity contribution in [2.75, 3.05) is 41.1 Å². The average molecular weight is 474 g/mol. The molecule has 23 heavy (non-hydrogen) atoms. The zero-order valence-electron chi connectivity index (χ0n) is 20.4. The van der Waals surface area contributed by atoms with E-state index in [2.05, 4.69) is 93.6 Å². The molecule has 148 valence electrons. The van der Waals surface area contributed by atoms with Gasteiger partial charge in [0.1, 0.15) is 0 Å². The second kappa shape index (κ2) is 18.2. The standard InChI is InChI=1S/C5H12.C4H12Si.C3H9N.C3H9P.4CH3.Sn/c2*1-5(2,3)4;2*1-4(2)3;;;;;/h2*1-4H3;2*1-3H3;4*1H3;. The van der Waals surface area contributed by atoms with Crippen molar-refractivity contribution in [3.63, 3.8) is 0 Å². The molecule has 0 radical (unpaired) electrons. The van der Waals surface area contributed by atoms with E-state index in [1.165, 1.54) is 0 Å². The van der Waals surface area contributed by atoms with Crippen molar-refractivity contribution >= 4 is 34.4 Å². The van der Waals surface area contributed by atoms with Gasteiger partial charge in [-0.05, 0) is 46.6 Å². The molecule has 0 unspecified atom stereocenters. The zero-order chi connectivity index (χ0) is 20.7. The first-order valence-electron chi connectivity index (χ1n) is 8.68. The first kappa shape index (κ1) is 35.5. The van der Waals surface area contributed by atoms with Gasteiger partial charge in [0, 0.05) is 8.07 Å². The van der Waals surface area contributed by atoms with Crippen LogP contribution in [-0.2, 0) is 0 Å². The fourth-order valence-corrected chi connectivity index (χ4v) is 0. The zero-order valence-corrected chi connectivity index (χ0v) is 25.1. The van der Waals surface area contributed by atoms with Gasteiger partial charge in [0.15, 0.2) is 0 Å². The summed E-state index contributed by atoms with van der Waals surface area (Å²) in [6.07, 6.45) is 0. The molecule has 0 amide bonds. The molecular formula is C19H54NPSiSn. The van der Waals surface area contributed by atoms with E-state index in [0.717, 1.165) is 0 Å². The molecule has 0 fully saturated rings. The topological polar surface area (TPSA) is 3.24 Å². The maximum atomic E-state index is 2.40. The predicted octanol–water partition coefficient (Wildman–Crippen LogP) is 7.50. The first-order valence-corrected chi connectivity index (χ1v) is 26.8. The van der Waals surface area contributed by atoms with Crippen LogP contribution in [0.25, 0.3) is 0 Å². The van der Waals surface area contributed by atoms with Crippen LogP contribution in [0, 0.1) is 5.41 Å². The van der Waals surface area contributed by atoms with E-state index >= 15 is 0 Å². The van der Waals surface area contributed by atoms with E-state index in [-0.39, 0.29) is 0 Å². The fraction of sp³-hybridized carbons (Fsp3) is 1.00. The molecular weight excluding hydrogens is 420 g/mol. The third-order valence-corrected chi connectivity index (χ3v) is 0. The molecule has 0 rings (SSSR count). The number of hydrogen-bond acceptors (Lipinski definition) is 1. The Hall–Kier alpha value is 1.41. The van der Waals surface area contributed by atoms with Crippen molar-refractivity contribution in [2.45, 2.75) is 73.6 Å². The van der Waals surface area contributed by atoms with E-state index in [1.54, 1.807) is 0 Å². The molecule has 0 saturated heterocycles. The Kier molecular flexibility index (Phi) is 28.1. The molecule has 0 spiro atoms. The molecule has 0 aromatic heterocycles. The van der Waals surface area contributed by atoms with Gasteiger partial charge in [0.25, 0.3) is 0 Å². The molecule has 0 aliphatic rings. The Morgan fingerprint density at radius 1 is 0.696 bits per heavy atom. The van der Waals surface area contributed by atoms with Gasteiger partial charge in [-0.15, -0.1) is 7.92 Å². The number of nitrogens with zero attached hydrogens (tertiary/aromatic N) is 1. The summed E-state index contributed by atoms with van der Waals surface area (Å²) >= 11 is -1.18. The van der Waals surface area contributed by atoms with E-state index in [1.807, 2.05) is 26.0 Å². The van der Waals surface area contributed by atoms with Crippen LogP contribution in [-0.4, -0.2) is 72.5 Å². The molecule has 0 aromatic carbocycles. The van der Waals surface area contributed by atoms with Gasteiger partial charge in [0.2, 0.25) is 0 Å². The van der Waals surface area contributed by atoms with Crippen molar-refractivity contribution in [2.24, 2.45) is 5.41 Å². The first-order chi connectivity index (χ1) is 9.46. The summed E-state index contributed by atoms with van der Waals surface area (Å²) in [5.74, 6) is 0. The van der Waals surface area contributed by atoms with Gasteiger partial charge in [-0.3, -0.25) is 0 Å². The average Bonchev–Trinajstić information content (AvgIpc) is 1.85. The molecule has 0 atom stereocenters. The van der Waals surface area contributed by atoms with Crippen molar-refractivity contribution in [1.82, 2.24) is 4.90 Å². The van der Waals surface area contributed by atoms with E-state index in [9.17, 15) is 0 Å². The van der Waals surface area contributed by atoms with Crippen LogP contribution in [0.3, 0.4) is 0 Å². The summed E-state index contributed by atoms with van der Waals surface area (Å²) < 4.78 is 0. The van der Waals surface area contributed by atoms with Gasteiger partial charge in [-0.25, -0.2) is 0 Å². The van der Waals surface area contributed by atoms with Crippen LogP contribution in [0.5, 0.6) is 0 Å². The SMILES string of the molecule is CC(C)(C)C.CN(C)C.CP(C)C.C[Si](C)(C)C.[CH3][Sn]([CH3])([CH3])[CH3]. The summed E-state index contributed by atoms with van der Waals surface area (Å²) in [5, 5.41) is 0. The van der Waals surface area contributed by atoms with Crippen LogP contribution in [0.1, 0.15) is 27.7 Å². The van der Waals surface area contributed by atoms with Crippen molar-refractivity contribution in [3.05, 3.63) is 0 Å². The maximum absolute atomic E-state index is 2.40. The van der Waals surface area contributed by atoms with Crippen molar-refractivity contribution in [1.29, 1.82) is 0 Å². The Morgan fingerprint density at radius 2 is 0.696 bits per heavy atom. The summed E-state index contributed by atoms with van der Waals surface area (Å²) in [5.41, 5.74) is 0.500. The summed E-state index contributed by atoms with van der Waals surface area (Å²) in [4.78, 5) is 11.6. The Morgan fingerprint density at radius 3 is 0.696 bits per heavy atom. The predicted molar refractivity (Wildman–Crippen MR) is 128 cm³/mol. The van der Waals surface area contributed by atoms with Gasteiger partial charge in [-0.2, -0.15) is 0 Å². The van der Waals surface area contributed by atoms with Crippen molar-refractivity contribution in [3.8, 4) is 0 Å². The number of rotatable bonds is 0. The second-order valence-electron chi connectivity index (χ2n) is 11.7. The molecule has 0 N–H and O–H groups in total. The minimum absolute atomic E-state index is 0.380. The van der Waals surface area contributed by atoms with E-state index in [4.69, 9.17) is 0 Å². The molecule has 0 heterocycles. The fourth-order valence-electron chi connectivity index (χ4n) is 0. The van der Waals surface area contributed by atoms with Gasteiger partial charge >= 0.3 is 38.1 Å². The van der Waals surface area contributed by atoms with Crippen LogP contribution in [0.2, 0.25) is 45.9 Å². The van der Waals surface area contributed by atoms with Crippen LogP contribution in [0.4, 0.5) is 0 Å². The minimum atomic E-state index is -1.18. The van der Waals surface area contributed by atoms with Gasteiger partial charge in [0.05, 0.1) is 0 Å². The van der Waals surface area contributed by atoms with Gasteiger partial charge in [-0.1, -0.05) is 53.9 Å². The Balaban J connectivity index is -0.0000000589. The summed E-state index contributed by atoms with van der Waals surface area (Å²) in [6.45, 7) is 24.8. The molecule has 0 aromatic rings. The molecule has 4 heteroatoms. The van der Waals surface area contributed by atoms with Crippen molar-refractivity contribution < 1.29 is 0 Å². The quantitative estimate of drug-likeness (QED) is 0.260. The van der Waals surface area contributed by atoms with Crippen LogP contribution >= 0.6 is 7.92 Å². The third-order valence-electron chi connectivity index (χ3n) is 0. The van der Waals surface area contributed by atoms with E-state index < -0.39 is 26.5 Å². The van der Waals surface area contributed by atoms with Crippen LogP contribution in [0.15, 0.2) is 0 Å². The van der Waals surface area contributed by atoms with Crippen LogP contribution < -0.4 is 0 Å². The molecule has 1 nitrogen and oxygen atoms in total. The normalized spacial score (nSPS) is 11.0. The second-order valence-corrected chi connectivity index (χ2v) is 37.5. The Bertz CT molecular complexity index is 153. The summed E-state index contributed by atoms with van der Waals surface area (Å²) in [6, 6.07) is 0. The monoisotopic (exact) mass is 475 g/mol.